The first-order valence-corrected chi connectivity index (χ1v) is 10.7. The molecule has 1 saturated carbocycles. The maximum Gasteiger partial charge on any atom is 0.252 e. The molecule has 1 N–H and O–H groups in total. The second-order valence-corrected chi connectivity index (χ2v) is 9.09. The van der Waals surface area contributed by atoms with Crippen LogP contribution in [0.3, 0.4) is 0 Å². The average Bonchev–Trinajstić information content (AvgIpc) is 2.67. The zero-order chi connectivity index (χ0) is 18.6. The van der Waals surface area contributed by atoms with Crippen LogP contribution in [0.5, 0.6) is 0 Å². The molecule has 0 radical (unpaired) electrons. The van der Waals surface area contributed by atoms with Crippen molar-refractivity contribution in [3.63, 3.8) is 0 Å². The Morgan fingerprint density at radius 2 is 1.58 bits per heavy atom. The Kier molecular flexibility index (Phi) is 5.77. The quantitative estimate of drug-likeness (QED) is 0.860. The molecule has 1 aliphatic rings. The average molecular weight is 372 g/mol. The molecule has 0 spiro atoms. The lowest BCUT2D eigenvalue weighted by Gasteiger charge is -2.30. The predicted molar refractivity (Wildman–Crippen MR) is 103 cm³/mol. The minimum absolute atomic E-state index is 0.0530. The Bertz CT molecular complexity index is 839. The molecule has 1 aliphatic carbocycles. The Hall–Kier alpha value is -2.14. The van der Waals surface area contributed by atoms with Crippen LogP contribution < -0.4 is 5.32 Å². The van der Waals surface area contributed by atoms with Gasteiger partial charge in [-0.25, -0.2) is 8.42 Å². The van der Waals surface area contributed by atoms with E-state index in [-0.39, 0.29) is 16.7 Å². The number of rotatable bonds is 5. The van der Waals surface area contributed by atoms with Gasteiger partial charge in [0.15, 0.2) is 9.84 Å². The lowest BCUT2D eigenvalue weighted by atomic mass is 9.89. The Labute approximate surface area is 155 Å². The molecule has 0 bridgehead atoms. The SMILES string of the molecule is Cc1ccc(S(=O)(=O)C(NC(=O)c2ccccc2)C2CCCCC2)cc1. The molecule has 2 aromatic carbocycles. The second-order valence-electron chi connectivity index (χ2n) is 7.02. The van der Waals surface area contributed by atoms with Gasteiger partial charge in [-0.15, -0.1) is 0 Å². The molecule has 0 aromatic heterocycles. The van der Waals surface area contributed by atoms with Crippen molar-refractivity contribution in [3.05, 3.63) is 65.7 Å². The van der Waals surface area contributed by atoms with Crippen LogP contribution in [0.1, 0.15) is 48.0 Å². The number of amides is 1. The van der Waals surface area contributed by atoms with Crippen LogP contribution in [0.4, 0.5) is 0 Å². The molecule has 0 saturated heterocycles. The number of hydrogen-bond donors (Lipinski definition) is 1. The van der Waals surface area contributed by atoms with Crippen molar-refractivity contribution in [3.8, 4) is 0 Å². The van der Waals surface area contributed by atoms with E-state index in [1.807, 2.05) is 13.0 Å². The molecule has 1 atom stereocenters. The van der Waals surface area contributed by atoms with Crippen LogP contribution in [-0.2, 0) is 9.84 Å². The van der Waals surface area contributed by atoms with Gasteiger partial charge in [0.05, 0.1) is 4.90 Å². The zero-order valence-electron chi connectivity index (χ0n) is 15.0. The van der Waals surface area contributed by atoms with Crippen molar-refractivity contribution in [1.29, 1.82) is 0 Å². The summed E-state index contributed by atoms with van der Waals surface area (Å²) in [5.41, 5.74) is 1.49. The first-order chi connectivity index (χ1) is 12.5. The first-order valence-electron chi connectivity index (χ1n) is 9.15. The fraction of sp³-hybridized carbons (Fsp3) is 0.381. The van der Waals surface area contributed by atoms with Crippen molar-refractivity contribution in [2.24, 2.45) is 5.92 Å². The van der Waals surface area contributed by atoms with Crippen molar-refractivity contribution in [2.75, 3.05) is 0 Å². The van der Waals surface area contributed by atoms with Crippen LogP contribution >= 0.6 is 0 Å². The molecule has 0 heterocycles. The molecule has 1 fully saturated rings. The van der Waals surface area contributed by atoms with E-state index in [0.29, 0.717) is 5.56 Å². The van der Waals surface area contributed by atoms with Crippen molar-refractivity contribution in [1.82, 2.24) is 5.32 Å². The molecule has 2 aromatic rings. The molecule has 5 heteroatoms. The maximum atomic E-state index is 13.3. The van der Waals surface area contributed by atoms with Gasteiger partial charge in [0.25, 0.3) is 5.91 Å². The molecule has 0 aliphatic heterocycles. The zero-order valence-corrected chi connectivity index (χ0v) is 15.8. The molecular weight excluding hydrogens is 346 g/mol. The van der Waals surface area contributed by atoms with Gasteiger partial charge in [0, 0.05) is 5.56 Å². The fourth-order valence-electron chi connectivity index (χ4n) is 3.56. The number of nitrogens with one attached hydrogen (secondary N) is 1. The normalized spacial score (nSPS) is 16.8. The van der Waals surface area contributed by atoms with Gasteiger partial charge in [-0.3, -0.25) is 4.79 Å². The summed E-state index contributed by atoms with van der Waals surface area (Å²) < 4.78 is 26.6. The highest BCUT2D eigenvalue weighted by atomic mass is 32.2. The summed E-state index contributed by atoms with van der Waals surface area (Å²) in [4.78, 5) is 12.9. The molecule has 1 unspecified atom stereocenters. The van der Waals surface area contributed by atoms with Gasteiger partial charge in [-0.2, -0.15) is 0 Å². The summed E-state index contributed by atoms with van der Waals surface area (Å²) in [5.74, 6) is -0.389. The molecule has 138 valence electrons. The molecule has 26 heavy (non-hydrogen) atoms. The fourth-order valence-corrected chi connectivity index (χ4v) is 5.41. The van der Waals surface area contributed by atoms with Crippen LogP contribution in [0.25, 0.3) is 0 Å². The monoisotopic (exact) mass is 371 g/mol. The standard InChI is InChI=1S/C21H25NO3S/c1-16-12-14-19(15-13-16)26(24,25)21(18-10-6-3-7-11-18)22-20(23)17-8-4-2-5-9-17/h2,4-5,8-9,12-15,18,21H,3,6-7,10-11H2,1H3,(H,22,23). The summed E-state index contributed by atoms with van der Waals surface area (Å²) in [6, 6.07) is 15.6. The van der Waals surface area contributed by atoms with E-state index in [1.165, 1.54) is 0 Å². The van der Waals surface area contributed by atoms with Gasteiger partial charge >= 0.3 is 0 Å². The number of hydrogen-bond acceptors (Lipinski definition) is 3. The van der Waals surface area contributed by atoms with E-state index in [9.17, 15) is 13.2 Å². The smallest absolute Gasteiger partial charge is 0.252 e. The summed E-state index contributed by atoms with van der Waals surface area (Å²) >= 11 is 0. The first kappa shape index (κ1) is 18.6. The third-order valence-electron chi connectivity index (χ3n) is 5.07. The van der Waals surface area contributed by atoms with Crippen LogP contribution in [0, 0.1) is 12.8 Å². The van der Waals surface area contributed by atoms with E-state index in [0.717, 1.165) is 37.7 Å². The van der Waals surface area contributed by atoms with Crippen LogP contribution in [0.2, 0.25) is 0 Å². The number of sulfone groups is 1. The predicted octanol–water partition coefficient (Wildman–Crippen LogP) is 4.11. The Morgan fingerprint density at radius 1 is 0.962 bits per heavy atom. The van der Waals surface area contributed by atoms with Gasteiger partial charge in [-0.05, 0) is 49.9 Å². The Balaban J connectivity index is 1.92. The lowest BCUT2D eigenvalue weighted by Crippen LogP contribution is -2.46. The van der Waals surface area contributed by atoms with Gasteiger partial charge in [-0.1, -0.05) is 55.2 Å². The third-order valence-corrected chi connectivity index (χ3v) is 7.17. The largest absolute Gasteiger partial charge is 0.335 e. The third kappa shape index (κ3) is 4.15. The van der Waals surface area contributed by atoms with Crippen molar-refractivity contribution in [2.45, 2.75) is 49.3 Å². The van der Waals surface area contributed by atoms with Crippen molar-refractivity contribution < 1.29 is 13.2 Å². The number of aryl methyl sites for hydroxylation is 1. The molecule has 3 rings (SSSR count). The topological polar surface area (TPSA) is 63.2 Å². The van der Waals surface area contributed by atoms with E-state index in [4.69, 9.17) is 0 Å². The number of carbonyl (C=O) groups is 1. The van der Waals surface area contributed by atoms with Gasteiger partial charge in [0.1, 0.15) is 5.37 Å². The molecular formula is C21H25NO3S. The lowest BCUT2D eigenvalue weighted by molar-refractivity contribution is 0.0933. The highest BCUT2D eigenvalue weighted by molar-refractivity contribution is 7.92. The summed E-state index contributed by atoms with van der Waals surface area (Å²) in [7, 11) is -3.65. The molecule has 1 amide bonds. The summed E-state index contributed by atoms with van der Waals surface area (Å²) in [6.45, 7) is 1.92. The van der Waals surface area contributed by atoms with E-state index >= 15 is 0 Å². The van der Waals surface area contributed by atoms with Crippen molar-refractivity contribution >= 4 is 15.7 Å². The van der Waals surface area contributed by atoms with Crippen LogP contribution in [0.15, 0.2) is 59.5 Å². The van der Waals surface area contributed by atoms with E-state index < -0.39 is 15.2 Å². The number of benzene rings is 2. The minimum atomic E-state index is -3.65. The highest BCUT2D eigenvalue weighted by Gasteiger charge is 2.36. The molecule has 4 nitrogen and oxygen atoms in total. The van der Waals surface area contributed by atoms with E-state index in [2.05, 4.69) is 5.32 Å². The van der Waals surface area contributed by atoms with Crippen LogP contribution in [-0.4, -0.2) is 19.7 Å². The minimum Gasteiger partial charge on any atom is -0.335 e. The van der Waals surface area contributed by atoms with Gasteiger partial charge in [0.2, 0.25) is 0 Å². The van der Waals surface area contributed by atoms with E-state index in [1.54, 1.807) is 48.5 Å². The van der Waals surface area contributed by atoms with Gasteiger partial charge < -0.3 is 5.32 Å². The summed E-state index contributed by atoms with van der Waals surface area (Å²) in [6.07, 6.45) is 4.79. The number of carbonyl (C=O) groups excluding carboxylic acids is 1. The Morgan fingerprint density at radius 3 is 2.19 bits per heavy atom. The highest BCUT2D eigenvalue weighted by Crippen LogP contribution is 2.31. The summed E-state index contributed by atoms with van der Waals surface area (Å²) in [5, 5.41) is 1.94. The second kappa shape index (κ2) is 8.04. The maximum absolute atomic E-state index is 13.3.